The smallest absolute Gasteiger partial charge is 0.247 e. The van der Waals surface area contributed by atoms with Crippen LogP contribution in [0.1, 0.15) is 78.3 Å². The minimum absolute atomic E-state index is 0.0756. The van der Waals surface area contributed by atoms with E-state index in [2.05, 4.69) is 11.9 Å². The zero-order valence-corrected chi connectivity index (χ0v) is 21.4. The Morgan fingerprint density at radius 1 is 1.22 bits per heavy atom. The van der Waals surface area contributed by atoms with E-state index in [0.29, 0.717) is 31.7 Å². The number of carbonyl (C=O) groups is 1. The van der Waals surface area contributed by atoms with Crippen molar-refractivity contribution in [3.8, 4) is 0 Å². The first-order chi connectivity index (χ1) is 15.0. The fourth-order valence-corrected chi connectivity index (χ4v) is 7.02. The lowest BCUT2D eigenvalue weighted by atomic mass is 9.82. The van der Waals surface area contributed by atoms with Crippen LogP contribution in [0.4, 0.5) is 5.82 Å². The highest BCUT2D eigenvalue weighted by atomic mass is 32.2. The van der Waals surface area contributed by atoms with E-state index >= 15 is 0 Å². The van der Waals surface area contributed by atoms with Gasteiger partial charge >= 0.3 is 0 Å². The van der Waals surface area contributed by atoms with Gasteiger partial charge in [0.25, 0.3) is 0 Å². The lowest BCUT2D eigenvalue weighted by molar-refractivity contribution is -0.139. The molecular weight excluding hydrogens is 424 g/mol. The summed E-state index contributed by atoms with van der Waals surface area (Å²) in [6.07, 6.45) is 6.63. The van der Waals surface area contributed by atoms with Crippen molar-refractivity contribution in [2.24, 2.45) is 0 Å². The number of rotatable bonds is 7. The summed E-state index contributed by atoms with van der Waals surface area (Å²) in [6.45, 7) is 11.1. The molecule has 1 aromatic heterocycles. The Bertz CT molecular complexity index is 925. The molecule has 2 heterocycles. The van der Waals surface area contributed by atoms with E-state index in [0.717, 1.165) is 31.4 Å². The molecular formula is C24H40N4O3S. The number of aromatic nitrogens is 1. The van der Waals surface area contributed by atoms with E-state index in [1.165, 1.54) is 10.7 Å². The fraction of sp³-hybridized carbons (Fsp3) is 0.750. The lowest BCUT2D eigenvalue weighted by Gasteiger charge is -2.43. The summed E-state index contributed by atoms with van der Waals surface area (Å²) in [5.74, 6) is 0.404. The standard InChI is InChI=1S/C24H40N4O3S/c1-7-27(18(2)3)22-21(14-13-19(4)25-22)32(30,31)28-17-11-12-20(28)23(29)26(6)24(5)15-9-8-10-16-24/h13-14,18,20H,7-12,15-17H2,1-6H3/t20-/m0/s1. The van der Waals surface area contributed by atoms with Crippen molar-refractivity contribution in [3.05, 3.63) is 17.8 Å². The maximum absolute atomic E-state index is 13.9. The summed E-state index contributed by atoms with van der Waals surface area (Å²) < 4.78 is 29.2. The van der Waals surface area contributed by atoms with Gasteiger partial charge in [-0.15, -0.1) is 0 Å². The third-order valence-electron chi connectivity index (χ3n) is 7.36. The van der Waals surface area contributed by atoms with Gasteiger partial charge in [0.2, 0.25) is 15.9 Å². The Balaban J connectivity index is 1.95. The third-order valence-corrected chi connectivity index (χ3v) is 9.29. The number of amides is 1. The molecule has 1 aromatic rings. The average molecular weight is 465 g/mol. The number of aryl methyl sites for hydroxylation is 1. The molecule has 0 bridgehead atoms. The average Bonchev–Trinajstić information content (AvgIpc) is 3.24. The van der Waals surface area contributed by atoms with Gasteiger partial charge in [-0.2, -0.15) is 4.31 Å². The first kappa shape index (κ1) is 25.0. The molecule has 7 nitrogen and oxygen atoms in total. The number of carbonyl (C=O) groups excluding carboxylic acids is 1. The molecule has 8 heteroatoms. The highest BCUT2D eigenvalue weighted by Crippen LogP contribution is 2.36. The molecule has 2 fully saturated rings. The van der Waals surface area contributed by atoms with Gasteiger partial charge in [0, 0.05) is 37.4 Å². The maximum Gasteiger partial charge on any atom is 0.247 e. The van der Waals surface area contributed by atoms with E-state index in [1.807, 2.05) is 44.5 Å². The van der Waals surface area contributed by atoms with E-state index in [1.54, 1.807) is 12.1 Å². The second kappa shape index (κ2) is 9.67. The molecule has 1 aliphatic carbocycles. The Morgan fingerprint density at radius 2 is 1.88 bits per heavy atom. The molecule has 0 spiro atoms. The molecule has 32 heavy (non-hydrogen) atoms. The van der Waals surface area contributed by atoms with Crippen molar-refractivity contribution in [3.63, 3.8) is 0 Å². The van der Waals surface area contributed by atoms with E-state index in [9.17, 15) is 13.2 Å². The van der Waals surface area contributed by atoms with Crippen LogP contribution in [0.3, 0.4) is 0 Å². The molecule has 0 aromatic carbocycles. The number of hydrogen-bond donors (Lipinski definition) is 0. The summed E-state index contributed by atoms with van der Waals surface area (Å²) in [4.78, 5) is 22.2. The van der Waals surface area contributed by atoms with Crippen molar-refractivity contribution < 1.29 is 13.2 Å². The van der Waals surface area contributed by atoms with Crippen molar-refractivity contribution >= 4 is 21.7 Å². The van der Waals surface area contributed by atoms with Crippen LogP contribution in [0, 0.1) is 6.92 Å². The van der Waals surface area contributed by atoms with Crippen LogP contribution in [-0.2, 0) is 14.8 Å². The van der Waals surface area contributed by atoms with Crippen molar-refractivity contribution in [1.29, 1.82) is 0 Å². The maximum atomic E-state index is 13.9. The summed E-state index contributed by atoms with van der Waals surface area (Å²) in [6, 6.07) is 2.86. The molecule has 1 aliphatic heterocycles. The van der Waals surface area contributed by atoms with Crippen molar-refractivity contribution in [1.82, 2.24) is 14.2 Å². The second-order valence-electron chi connectivity index (χ2n) is 9.88. The fourth-order valence-electron chi connectivity index (χ4n) is 5.24. The number of anilines is 1. The van der Waals surface area contributed by atoms with Crippen LogP contribution in [0.2, 0.25) is 0 Å². The van der Waals surface area contributed by atoms with Crippen LogP contribution in [0.25, 0.3) is 0 Å². The molecule has 0 radical (unpaired) electrons. The van der Waals surface area contributed by atoms with Crippen molar-refractivity contribution in [2.45, 2.75) is 102 Å². The van der Waals surface area contributed by atoms with E-state index < -0.39 is 16.1 Å². The quantitative estimate of drug-likeness (QED) is 0.611. The molecule has 0 N–H and O–H groups in total. The Labute approximate surface area is 194 Å². The molecule has 2 aliphatic rings. The summed E-state index contributed by atoms with van der Waals surface area (Å²) in [5, 5.41) is 0. The van der Waals surface area contributed by atoms with Gasteiger partial charge in [-0.3, -0.25) is 4.79 Å². The molecule has 3 rings (SSSR count). The summed E-state index contributed by atoms with van der Waals surface area (Å²) in [7, 11) is -2.02. The highest BCUT2D eigenvalue weighted by molar-refractivity contribution is 7.89. The van der Waals surface area contributed by atoms with Gasteiger partial charge in [0.15, 0.2) is 0 Å². The van der Waals surface area contributed by atoms with Gasteiger partial charge in [-0.1, -0.05) is 19.3 Å². The van der Waals surface area contributed by atoms with Gasteiger partial charge in [-0.25, -0.2) is 13.4 Å². The topological polar surface area (TPSA) is 73.8 Å². The van der Waals surface area contributed by atoms with Crippen LogP contribution in [-0.4, -0.2) is 66.3 Å². The Hall–Kier alpha value is -1.67. The number of likely N-dealkylation sites (N-methyl/N-ethyl adjacent to an activating group) is 1. The van der Waals surface area contributed by atoms with Crippen molar-refractivity contribution in [2.75, 3.05) is 25.0 Å². The predicted molar refractivity (Wildman–Crippen MR) is 128 cm³/mol. The zero-order valence-electron chi connectivity index (χ0n) is 20.6. The molecule has 1 saturated heterocycles. The van der Waals surface area contributed by atoms with E-state index in [4.69, 9.17) is 0 Å². The summed E-state index contributed by atoms with van der Waals surface area (Å²) >= 11 is 0. The van der Waals surface area contributed by atoms with Gasteiger partial charge in [-0.05, 0) is 72.4 Å². The first-order valence-electron chi connectivity index (χ1n) is 12.1. The van der Waals surface area contributed by atoms with E-state index in [-0.39, 0.29) is 22.4 Å². The minimum Gasteiger partial charge on any atom is -0.353 e. The zero-order chi connectivity index (χ0) is 23.7. The third kappa shape index (κ3) is 4.67. The van der Waals surface area contributed by atoms with Crippen LogP contribution in [0.5, 0.6) is 0 Å². The van der Waals surface area contributed by atoms with Gasteiger partial charge in [0.1, 0.15) is 16.8 Å². The number of pyridine rings is 1. The normalized spacial score (nSPS) is 21.7. The highest BCUT2D eigenvalue weighted by Gasteiger charge is 2.45. The largest absolute Gasteiger partial charge is 0.353 e. The predicted octanol–water partition coefficient (Wildman–Crippen LogP) is 3.96. The molecule has 1 amide bonds. The van der Waals surface area contributed by atoms with Gasteiger partial charge < -0.3 is 9.80 Å². The number of sulfonamides is 1. The first-order valence-corrected chi connectivity index (χ1v) is 13.5. The molecule has 180 valence electrons. The van der Waals surface area contributed by atoms with Crippen LogP contribution >= 0.6 is 0 Å². The lowest BCUT2D eigenvalue weighted by Crippen LogP contribution is -2.55. The Kier molecular flexibility index (Phi) is 7.55. The molecule has 0 unspecified atom stereocenters. The number of nitrogens with zero attached hydrogens (tertiary/aromatic N) is 4. The Morgan fingerprint density at radius 3 is 2.47 bits per heavy atom. The van der Waals surface area contributed by atoms with Crippen LogP contribution in [0.15, 0.2) is 17.0 Å². The molecule has 1 saturated carbocycles. The number of hydrogen-bond acceptors (Lipinski definition) is 5. The van der Waals surface area contributed by atoms with Gasteiger partial charge in [0.05, 0.1) is 0 Å². The minimum atomic E-state index is -3.87. The second-order valence-corrected chi connectivity index (χ2v) is 11.7. The summed E-state index contributed by atoms with van der Waals surface area (Å²) in [5.41, 5.74) is 0.581. The monoisotopic (exact) mass is 464 g/mol. The molecule has 1 atom stereocenters. The van der Waals surface area contributed by atoms with Crippen LogP contribution < -0.4 is 4.90 Å². The SMILES string of the molecule is CCN(c1nc(C)ccc1S(=O)(=O)N1CCC[C@H]1C(=O)N(C)C1(C)CCCCC1)C(C)C.